The quantitative estimate of drug-likeness (QED) is 0.278. The summed E-state index contributed by atoms with van der Waals surface area (Å²) in [5.74, 6) is 5.33. The van der Waals surface area contributed by atoms with Gasteiger partial charge in [0, 0.05) is 19.7 Å². The van der Waals surface area contributed by atoms with E-state index in [-0.39, 0.29) is 12.6 Å². The minimum Gasteiger partial charge on any atom is -0.396 e. The number of hydrogen-bond acceptors (Lipinski definition) is 3. The van der Waals surface area contributed by atoms with Crippen LogP contribution >= 0.6 is 0 Å². The van der Waals surface area contributed by atoms with Gasteiger partial charge in [0.2, 0.25) is 0 Å². The summed E-state index contributed by atoms with van der Waals surface area (Å²) in [4.78, 5) is 12.6. The Balaban J connectivity index is 2.30. The molecule has 0 atom stereocenters. The number of hydrazine groups is 1. The average molecular weight is 173 g/mol. The number of aliphatic hydroxyl groups is 1. The van der Waals surface area contributed by atoms with E-state index in [2.05, 4.69) is 5.43 Å². The molecule has 1 aliphatic rings. The van der Waals surface area contributed by atoms with Crippen molar-refractivity contribution in [1.82, 2.24) is 10.3 Å². The fourth-order valence-corrected chi connectivity index (χ4v) is 1.41. The Labute approximate surface area is 71.5 Å². The van der Waals surface area contributed by atoms with Crippen LogP contribution in [0, 0.1) is 5.92 Å². The van der Waals surface area contributed by atoms with E-state index in [1.807, 2.05) is 0 Å². The number of amides is 2. The molecule has 0 aromatic rings. The van der Waals surface area contributed by atoms with E-state index in [9.17, 15) is 4.79 Å². The molecular formula is C7H15N3O2. The summed E-state index contributed by atoms with van der Waals surface area (Å²) < 4.78 is 0. The molecule has 0 bridgehead atoms. The molecule has 12 heavy (non-hydrogen) atoms. The summed E-state index contributed by atoms with van der Waals surface area (Å²) in [6, 6.07) is -0.230. The highest BCUT2D eigenvalue weighted by Crippen LogP contribution is 2.15. The Kier molecular flexibility index (Phi) is 3.31. The number of carbonyl (C=O) groups is 1. The number of nitrogens with zero attached hydrogens (tertiary/aromatic N) is 1. The van der Waals surface area contributed by atoms with Crippen molar-refractivity contribution in [3.8, 4) is 0 Å². The van der Waals surface area contributed by atoms with Crippen molar-refractivity contribution in [3.63, 3.8) is 0 Å². The minimum absolute atomic E-state index is 0.220. The summed E-state index contributed by atoms with van der Waals surface area (Å²) in [7, 11) is 0. The van der Waals surface area contributed by atoms with E-state index in [0.717, 1.165) is 12.8 Å². The number of piperidine rings is 1. The van der Waals surface area contributed by atoms with Gasteiger partial charge in [-0.05, 0) is 18.8 Å². The Bertz CT molecular complexity index is 155. The number of nitrogens with two attached hydrogens (primary N) is 1. The van der Waals surface area contributed by atoms with Crippen molar-refractivity contribution in [2.75, 3.05) is 19.7 Å². The van der Waals surface area contributed by atoms with Gasteiger partial charge in [0.1, 0.15) is 0 Å². The van der Waals surface area contributed by atoms with Crippen LogP contribution in [-0.4, -0.2) is 35.7 Å². The van der Waals surface area contributed by atoms with E-state index < -0.39 is 0 Å². The smallest absolute Gasteiger partial charge is 0.331 e. The average Bonchev–Trinajstić information content (AvgIpc) is 2.17. The maximum Gasteiger partial charge on any atom is 0.331 e. The molecule has 5 heteroatoms. The van der Waals surface area contributed by atoms with Crippen molar-refractivity contribution in [2.45, 2.75) is 12.8 Å². The van der Waals surface area contributed by atoms with Gasteiger partial charge in [-0.25, -0.2) is 10.6 Å². The largest absolute Gasteiger partial charge is 0.396 e. The van der Waals surface area contributed by atoms with Crippen LogP contribution in [0.15, 0.2) is 0 Å². The third-order valence-corrected chi connectivity index (χ3v) is 2.28. The number of nitrogens with one attached hydrogen (secondary N) is 1. The van der Waals surface area contributed by atoms with Gasteiger partial charge in [0.25, 0.3) is 0 Å². The van der Waals surface area contributed by atoms with Gasteiger partial charge in [0.05, 0.1) is 0 Å². The van der Waals surface area contributed by atoms with Crippen LogP contribution in [0.5, 0.6) is 0 Å². The molecule has 0 radical (unpaired) electrons. The first-order valence-corrected chi connectivity index (χ1v) is 4.14. The van der Waals surface area contributed by atoms with Gasteiger partial charge < -0.3 is 10.0 Å². The van der Waals surface area contributed by atoms with Crippen LogP contribution in [0.4, 0.5) is 4.79 Å². The van der Waals surface area contributed by atoms with Crippen molar-refractivity contribution in [3.05, 3.63) is 0 Å². The lowest BCUT2D eigenvalue weighted by Crippen LogP contribution is -2.47. The first kappa shape index (κ1) is 9.28. The highest BCUT2D eigenvalue weighted by atomic mass is 16.3. The first-order chi connectivity index (χ1) is 5.77. The standard InChI is InChI=1S/C7H15N3O2/c8-9-7(12)10-3-1-6(5-11)2-4-10/h6,11H,1-5,8H2,(H,9,12). The van der Waals surface area contributed by atoms with Crippen LogP contribution < -0.4 is 11.3 Å². The van der Waals surface area contributed by atoms with Crippen molar-refractivity contribution in [2.24, 2.45) is 11.8 Å². The van der Waals surface area contributed by atoms with Gasteiger partial charge in [-0.1, -0.05) is 0 Å². The maximum atomic E-state index is 11.0. The van der Waals surface area contributed by atoms with E-state index in [4.69, 9.17) is 10.9 Å². The molecule has 1 heterocycles. The Morgan fingerprint density at radius 1 is 1.58 bits per heavy atom. The SMILES string of the molecule is NNC(=O)N1CCC(CO)CC1. The molecule has 1 fully saturated rings. The fraction of sp³-hybridized carbons (Fsp3) is 0.857. The third-order valence-electron chi connectivity index (χ3n) is 2.28. The summed E-state index contributed by atoms with van der Waals surface area (Å²) in [5, 5.41) is 8.83. The lowest BCUT2D eigenvalue weighted by molar-refractivity contribution is 0.137. The number of aliphatic hydroxyl groups excluding tert-OH is 1. The topological polar surface area (TPSA) is 78.6 Å². The first-order valence-electron chi connectivity index (χ1n) is 4.14. The lowest BCUT2D eigenvalue weighted by atomic mass is 9.98. The van der Waals surface area contributed by atoms with Gasteiger partial charge in [-0.3, -0.25) is 5.43 Å². The zero-order chi connectivity index (χ0) is 8.97. The van der Waals surface area contributed by atoms with Crippen LogP contribution in [0.2, 0.25) is 0 Å². The normalized spacial score (nSPS) is 19.3. The fourth-order valence-electron chi connectivity index (χ4n) is 1.41. The molecule has 2 amide bonds. The highest BCUT2D eigenvalue weighted by Gasteiger charge is 2.21. The molecule has 1 aliphatic heterocycles. The lowest BCUT2D eigenvalue weighted by Gasteiger charge is -2.30. The summed E-state index contributed by atoms with van der Waals surface area (Å²) in [6.07, 6.45) is 1.73. The van der Waals surface area contributed by atoms with E-state index >= 15 is 0 Å². The van der Waals surface area contributed by atoms with Crippen LogP contribution in [0.25, 0.3) is 0 Å². The van der Waals surface area contributed by atoms with Crippen LogP contribution in [-0.2, 0) is 0 Å². The van der Waals surface area contributed by atoms with Crippen LogP contribution in [0.1, 0.15) is 12.8 Å². The number of rotatable bonds is 1. The van der Waals surface area contributed by atoms with E-state index in [1.54, 1.807) is 4.90 Å². The van der Waals surface area contributed by atoms with Gasteiger partial charge in [0.15, 0.2) is 0 Å². The molecule has 0 aliphatic carbocycles. The summed E-state index contributed by atoms with van der Waals surface area (Å²) in [5.41, 5.74) is 2.09. The predicted octanol–water partition coefficient (Wildman–Crippen LogP) is -0.726. The molecule has 0 spiro atoms. The van der Waals surface area contributed by atoms with Gasteiger partial charge >= 0.3 is 6.03 Å². The monoisotopic (exact) mass is 173 g/mol. The molecule has 0 aromatic carbocycles. The van der Waals surface area contributed by atoms with E-state index in [0.29, 0.717) is 19.0 Å². The number of carbonyl (C=O) groups excluding carboxylic acids is 1. The number of likely N-dealkylation sites (tertiary alicyclic amines) is 1. The van der Waals surface area contributed by atoms with Crippen LogP contribution in [0.3, 0.4) is 0 Å². The molecule has 5 nitrogen and oxygen atoms in total. The number of urea groups is 1. The summed E-state index contributed by atoms with van der Waals surface area (Å²) >= 11 is 0. The Hall–Kier alpha value is -0.810. The van der Waals surface area contributed by atoms with Gasteiger partial charge in [-0.15, -0.1) is 0 Å². The predicted molar refractivity (Wildman–Crippen MR) is 44.1 cm³/mol. The second kappa shape index (κ2) is 4.27. The number of hydrogen-bond donors (Lipinski definition) is 3. The zero-order valence-corrected chi connectivity index (χ0v) is 6.99. The van der Waals surface area contributed by atoms with Crippen molar-refractivity contribution in [1.29, 1.82) is 0 Å². The second-order valence-corrected chi connectivity index (χ2v) is 3.06. The van der Waals surface area contributed by atoms with Crippen molar-refractivity contribution >= 4 is 6.03 Å². The molecule has 1 rings (SSSR count). The third kappa shape index (κ3) is 2.09. The maximum absolute atomic E-state index is 11.0. The molecule has 1 saturated heterocycles. The summed E-state index contributed by atoms with van der Waals surface area (Å²) in [6.45, 7) is 1.60. The minimum atomic E-state index is -0.230. The Morgan fingerprint density at radius 3 is 2.58 bits per heavy atom. The molecule has 4 N–H and O–H groups in total. The van der Waals surface area contributed by atoms with Gasteiger partial charge in [-0.2, -0.15) is 0 Å². The highest BCUT2D eigenvalue weighted by molar-refractivity contribution is 5.73. The molecular weight excluding hydrogens is 158 g/mol. The Morgan fingerprint density at radius 2 is 2.17 bits per heavy atom. The molecule has 0 aromatic heterocycles. The molecule has 0 unspecified atom stereocenters. The zero-order valence-electron chi connectivity index (χ0n) is 6.99. The second-order valence-electron chi connectivity index (χ2n) is 3.06. The van der Waals surface area contributed by atoms with Crippen molar-refractivity contribution < 1.29 is 9.90 Å². The molecule has 70 valence electrons. The molecule has 0 saturated carbocycles. The van der Waals surface area contributed by atoms with E-state index in [1.165, 1.54) is 0 Å².